The molecular weight excluding hydrogens is 663 g/mol. The van der Waals surface area contributed by atoms with E-state index < -0.39 is 0 Å². The molecule has 0 aliphatic heterocycles. The molecule has 8 aromatic rings. The molecule has 2 aliphatic carbocycles. The van der Waals surface area contributed by atoms with Crippen LogP contribution in [0.5, 0.6) is 0 Å². The largest absolute Gasteiger partial charge is 0.310 e. The number of hydrogen-bond donors (Lipinski definition) is 0. The van der Waals surface area contributed by atoms with Gasteiger partial charge in [0.25, 0.3) is 0 Å². The minimum absolute atomic E-state index is 0.0761. The Morgan fingerprint density at radius 1 is 0.400 bits per heavy atom. The molecule has 0 spiro atoms. The summed E-state index contributed by atoms with van der Waals surface area (Å²) in [5, 5.41) is 4.91. The molecule has 0 bridgehead atoms. The van der Waals surface area contributed by atoms with Crippen LogP contribution in [-0.4, -0.2) is 0 Å². The fourth-order valence-corrected chi connectivity index (χ4v) is 9.42. The Bertz CT molecular complexity index is 2850. The van der Waals surface area contributed by atoms with E-state index >= 15 is 0 Å². The molecule has 0 N–H and O–H groups in total. The fourth-order valence-electron chi connectivity index (χ4n) is 9.42. The number of rotatable bonds is 6. The molecule has 0 aromatic heterocycles. The second-order valence-electron chi connectivity index (χ2n) is 16.2. The number of nitrogens with zero attached hydrogens (tertiary/aromatic N) is 1. The zero-order valence-electron chi connectivity index (χ0n) is 31.8. The number of hydrogen-bond acceptors (Lipinski definition) is 1. The average molecular weight is 706 g/mol. The minimum Gasteiger partial charge on any atom is -0.310 e. The molecule has 8 aromatic carbocycles. The smallest absolute Gasteiger partial charge is 0.0540 e. The van der Waals surface area contributed by atoms with E-state index in [1.165, 1.54) is 82.9 Å². The van der Waals surface area contributed by atoms with Gasteiger partial charge in [0.1, 0.15) is 0 Å². The number of para-hydroxylation sites is 1. The molecule has 1 heteroatoms. The van der Waals surface area contributed by atoms with E-state index in [1.54, 1.807) is 0 Å². The number of anilines is 3. The van der Waals surface area contributed by atoms with Gasteiger partial charge in [-0.1, -0.05) is 173 Å². The molecule has 10 rings (SSSR count). The summed E-state index contributed by atoms with van der Waals surface area (Å²) in [4.78, 5) is 2.37. The molecular formula is C54H43N. The Kier molecular flexibility index (Phi) is 7.58. The topological polar surface area (TPSA) is 3.24 Å². The van der Waals surface area contributed by atoms with Gasteiger partial charge in [-0.3, -0.25) is 0 Å². The molecule has 0 amide bonds. The lowest BCUT2D eigenvalue weighted by atomic mass is 9.75. The number of benzene rings is 8. The van der Waals surface area contributed by atoms with Crippen molar-refractivity contribution in [2.24, 2.45) is 0 Å². The molecule has 0 saturated carbocycles. The predicted molar refractivity (Wildman–Crippen MR) is 236 cm³/mol. The van der Waals surface area contributed by atoms with Gasteiger partial charge in [-0.25, -0.2) is 0 Å². The summed E-state index contributed by atoms with van der Waals surface area (Å²) >= 11 is 0. The van der Waals surface area contributed by atoms with Gasteiger partial charge in [-0.15, -0.1) is 0 Å². The van der Waals surface area contributed by atoms with Crippen LogP contribution >= 0.6 is 0 Å². The van der Waals surface area contributed by atoms with Crippen LogP contribution in [0, 0.1) is 0 Å². The first kappa shape index (κ1) is 33.2. The van der Waals surface area contributed by atoms with Crippen LogP contribution in [0.4, 0.5) is 17.1 Å². The van der Waals surface area contributed by atoms with Gasteiger partial charge in [0, 0.05) is 27.6 Å². The van der Waals surface area contributed by atoms with Gasteiger partial charge in [0.05, 0.1) is 5.69 Å². The second-order valence-corrected chi connectivity index (χ2v) is 16.2. The van der Waals surface area contributed by atoms with Crippen molar-refractivity contribution in [2.45, 2.75) is 38.5 Å². The highest BCUT2D eigenvalue weighted by atomic mass is 15.1. The lowest BCUT2D eigenvalue weighted by molar-refractivity contribution is 0.694. The molecule has 264 valence electrons. The van der Waals surface area contributed by atoms with E-state index in [1.807, 2.05) is 0 Å². The summed E-state index contributed by atoms with van der Waals surface area (Å²) in [6.07, 6.45) is 4.53. The van der Waals surface area contributed by atoms with Crippen LogP contribution in [0.2, 0.25) is 0 Å². The zero-order chi connectivity index (χ0) is 37.3. The number of fused-ring (bicyclic) bond motifs is 6. The monoisotopic (exact) mass is 705 g/mol. The highest BCUT2D eigenvalue weighted by Gasteiger charge is 2.49. The van der Waals surface area contributed by atoms with Crippen LogP contribution in [-0.2, 0) is 10.8 Å². The standard InChI is InChI=1S/C54H43N/c1-53(2)48-33-37(25-30-46(48)51-52(53)47-31-28-42(35-49(47)54(51,3)4)38-14-7-5-8-15-38)23-22-36-24-26-41-34-44(29-27-40(41)32-36)55(43-18-9-6-10-19-43)50-21-13-17-39-16-11-12-20-45(39)50/h5-35H,1-4H3. The Balaban J connectivity index is 0.951. The molecule has 0 atom stereocenters. The summed E-state index contributed by atoms with van der Waals surface area (Å²) in [5.41, 5.74) is 16.9. The highest BCUT2D eigenvalue weighted by molar-refractivity contribution is 6.10. The van der Waals surface area contributed by atoms with Gasteiger partial charge in [0.15, 0.2) is 0 Å². The molecule has 1 nitrogen and oxygen atoms in total. The van der Waals surface area contributed by atoms with Crippen molar-refractivity contribution in [2.75, 3.05) is 4.90 Å². The van der Waals surface area contributed by atoms with Crippen LogP contribution in [0.3, 0.4) is 0 Å². The first-order chi connectivity index (χ1) is 26.8. The maximum absolute atomic E-state index is 2.44. The molecule has 2 aliphatic rings. The van der Waals surface area contributed by atoms with Gasteiger partial charge in [-0.05, 0) is 114 Å². The summed E-state index contributed by atoms with van der Waals surface area (Å²) < 4.78 is 0. The van der Waals surface area contributed by atoms with Crippen LogP contribution in [0.25, 0.3) is 56.0 Å². The van der Waals surface area contributed by atoms with Crippen molar-refractivity contribution in [1.29, 1.82) is 0 Å². The lowest BCUT2D eigenvalue weighted by Gasteiger charge is -2.28. The third-order valence-electron chi connectivity index (χ3n) is 12.2. The SMILES string of the molecule is CC1(C)C2=C(c3ccc(C=Cc4ccc5cc(N(c6ccccc6)c6cccc7ccccc67)ccc5c4)cc31)C(C)(C)c1cc(-c3ccccc3)ccc12. The Morgan fingerprint density at radius 2 is 0.982 bits per heavy atom. The van der Waals surface area contributed by atoms with E-state index in [2.05, 4.69) is 221 Å². The fraction of sp³-hybridized carbons (Fsp3) is 0.111. The van der Waals surface area contributed by atoms with Crippen LogP contribution < -0.4 is 4.90 Å². The molecule has 0 unspecified atom stereocenters. The van der Waals surface area contributed by atoms with Gasteiger partial charge >= 0.3 is 0 Å². The van der Waals surface area contributed by atoms with Crippen molar-refractivity contribution in [3.05, 3.63) is 209 Å². The summed E-state index contributed by atoms with van der Waals surface area (Å²) in [6, 6.07) is 64.5. The van der Waals surface area contributed by atoms with Crippen LogP contribution in [0.15, 0.2) is 176 Å². The highest BCUT2D eigenvalue weighted by Crippen LogP contribution is 2.62. The summed E-state index contributed by atoms with van der Waals surface area (Å²) in [5.74, 6) is 0. The minimum atomic E-state index is -0.0916. The lowest BCUT2D eigenvalue weighted by Crippen LogP contribution is -2.19. The normalized spacial score (nSPS) is 15.1. The maximum Gasteiger partial charge on any atom is 0.0540 e. The molecule has 0 fully saturated rings. The zero-order valence-corrected chi connectivity index (χ0v) is 31.8. The third kappa shape index (κ3) is 5.37. The van der Waals surface area contributed by atoms with Gasteiger partial charge in [-0.2, -0.15) is 0 Å². The maximum atomic E-state index is 2.44. The Hall–Kier alpha value is -6.44. The van der Waals surface area contributed by atoms with Crippen molar-refractivity contribution in [3.63, 3.8) is 0 Å². The second kappa shape index (κ2) is 12.6. The summed E-state index contributed by atoms with van der Waals surface area (Å²) in [6.45, 7) is 9.64. The van der Waals surface area contributed by atoms with E-state index in [4.69, 9.17) is 0 Å². The van der Waals surface area contributed by atoms with Crippen molar-refractivity contribution in [1.82, 2.24) is 0 Å². The quantitative estimate of drug-likeness (QED) is 0.156. The first-order valence-corrected chi connectivity index (χ1v) is 19.4. The molecule has 55 heavy (non-hydrogen) atoms. The Labute approximate surface area is 324 Å². The average Bonchev–Trinajstić information content (AvgIpc) is 3.61. The van der Waals surface area contributed by atoms with Crippen molar-refractivity contribution < 1.29 is 0 Å². The van der Waals surface area contributed by atoms with Gasteiger partial charge in [0.2, 0.25) is 0 Å². The Morgan fingerprint density at radius 3 is 1.75 bits per heavy atom. The van der Waals surface area contributed by atoms with E-state index in [0.717, 1.165) is 11.4 Å². The molecule has 0 radical (unpaired) electrons. The third-order valence-corrected chi connectivity index (χ3v) is 12.2. The predicted octanol–water partition coefficient (Wildman–Crippen LogP) is 14.8. The van der Waals surface area contributed by atoms with Crippen molar-refractivity contribution >= 4 is 61.9 Å². The van der Waals surface area contributed by atoms with Gasteiger partial charge < -0.3 is 4.90 Å². The summed E-state index contributed by atoms with van der Waals surface area (Å²) in [7, 11) is 0. The van der Waals surface area contributed by atoms with Crippen molar-refractivity contribution in [3.8, 4) is 11.1 Å². The molecule has 0 saturated heterocycles. The number of allylic oxidation sites excluding steroid dienone is 2. The van der Waals surface area contributed by atoms with E-state index in [0.29, 0.717) is 0 Å². The molecule has 0 heterocycles. The first-order valence-electron chi connectivity index (χ1n) is 19.4. The van der Waals surface area contributed by atoms with Crippen LogP contribution in [0.1, 0.15) is 61.1 Å². The van der Waals surface area contributed by atoms with E-state index in [-0.39, 0.29) is 10.8 Å². The van der Waals surface area contributed by atoms with E-state index in [9.17, 15) is 0 Å².